The molecule has 0 aliphatic rings. The predicted octanol–water partition coefficient (Wildman–Crippen LogP) is 2.33. The van der Waals surface area contributed by atoms with Gasteiger partial charge in [0, 0.05) is 30.9 Å². The Morgan fingerprint density at radius 3 is 2.67 bits per heavy atom. The Morgan fingerprint density at radius 1 is 1.17 bits per heavy atom. The summed E-state index contributed by atoms with van der Waals surface area (Å²) in [7, 11) is 0. The standard InChI is InChI=1S/C18H19N5O/c1-13(14-5-3-2-4-6-14)18(24)20-12-9-16-21-17(23-22-16)15-7-10-19-11-8-15/h2-8,10-11,13H,9,12H2,1H3,(H,20,24)(H,21,22,23)/t13-/m0/s1. The SMILES string of the molecule is C[C@H](C(=O)NCCc1nc(-c2ccncc2)n[nH]1)c1ccccc1. The number of aromatic nitrogens is 4. The van der Waals surface area contributed by atoms with Crippen LogP contribution in [0.1, 0.15) is 24.2 Å². The molecule has 2 N–H and O–H groups in total. The fourth-order valence-corrected chi connectivity index (χ4v) is 2.39. The van der Waals surface area contributed by atoms with Gasteiger partial charge in [-0.1, -0.05) is 30.3 Å². The van der Waals surface area contributed by atoms with Crippen molar-refractivity contribution in [3.63, 3.8) is 0 Å². The molecular formula is C18H19N5O. The van der Waals surface area contributed by atoms with Crippen molar-refractivity contribution in [3.05, 3.63) is 66.2 Å². The maximum absolute atomic E-state index is 12.2. The number of benzene rings is 1. The Bertz CT molecular complexity index is 785. The molecule has 1 amide bonds. The van der Waals surface area contributed by atoms with Crippen LogP contribution in [0.5, 0.6) is 0 Å². The Balaban J connectivity index is 1.52. The van der Waals surface area contributed by atoms with Gasteiger partial charge in [-0.05, 0) is 24.6 Å². The van der Waals surface area contributed by atoms with Crippen LogP contribution in [0.3, 0.4) is 0 Å². The lowest BCUT2D eigenvalue weighted by Crippen LogP contribution is -2.30. The normalized spacial score (nSPS) is 11.9. The summed E-state index contributed by atoms with van der Waals surface area (Å²) in [6, 6.07) is 13.5. The molecule has 0 bridgehead atoms. The second-order valence-corrected chi connectivity index (χ2v) is 5.51. The first-order valence-electron chi connectivity index (χ1n) is 7.88. The first-order chi connectivity index (χ1) is 11.7. The Hall–Kier alpha value is -3.02. The molecule has 0 fully saturated rings. The lowest BCUT2D eigenvalue weighted by molar-refractivity contribution is -0.122. The van der Waals surface area contributed by atoms with E-state index >= 15 is 0 Å². The minimum atomic E-state index is -0.173. The second-order valence-electron chi connectivity index (χ2n) is 5.51. The second kappa shape index (κ2) is 7.50. The monoisotopic (exact) mass is 321 g/mol. The molecule has 3 aromatic rings. The Morgan fingerprint density at radius 2 is 1.92 bits per heavy atom. The third kappa shape index (κ3) is 3.84. The van der Waals surface area contributed by atoms with Gasteiger partial charge in [-0.3, -0.25) is 14.9 Å². The maximum atomic E-state index is 12.2. The number of aromatic amines is 1. The highest BCUT2D eigenvalue weighted by Gasteiger charge is 2.14. The third-order valence-electron chi connectivity index (χ3n) is 3.82. The summed E-state index contributed by atoms with van der Waals surface area (Å²) in [5, 5.41) is 10.0. The van der Waals surface area contributed by atoms with E-state index in [2.05, 4.69) is 25.5 Å². The fraction of sp³-hybridized carbons (Fsp3) is 0.222. The van der Waals surface area contributed by atoms with E-state index in [1.54, 1.807) is 12.4 Å². The summed E-state index contributed by atoms with van der Waals surface area (Å²) in [6.45, 7) is 2.42. The number of H-pyrrole nitrogens is 1. The van der Waals surface area contributed by atoms with E-state index < -0.39 is 0 Å². The Kier molecular flexibility index (Phi) is 4.96. The molecule has 0 saturated heterocycles. The molecule has 122 valence electrons. The molecule has 1 aromatic carbocycles. The number of carbonyl (C=O) groups is 1. The van der Waals surface area contributed by atoms with Gasteiger partial charge in [0.1, 0.15) is 5.82 Å². The summed E-state index contributed by atoms with van der Waals surface area (Å²) in [4.78, 5) is 20.6. The van der Waals surface area contributed by atoms with Crippen LogP contribution in [0, 0.1) is 0 Å². The molecule has 0 unspecified atom stereocenters. The van der Waals surface area contributed by atoms with Gasteiger partial charge in [0.25, 0.3) is 0 Å². The molecule has 0 spiro atoms. The molecule has 3 rings (SSSR count). The van der Waals surface area contributed by atoms with Crippen molar-refractivity contribution in [2.75, 3.05) is 6.54 Å². The zero-order valence-electron chi connectivity index (χ0n) is 13.4. The average Bonchev–Trinajstić information content (AvgIpc) is 3.11. The molecule has 6 nitrogen and oxygen atoms in total. The van der Waals surface area contributed by atoms with Crippen LogP contribution in [0.4, 0.5) is 0 Å². The van der Waals surface area contributed by atoms with Gasteiger partial charge >= 0.3 is 0 Å². The van der Waals surface area contributed by atoms with E-state index in [-0.39, 0.29) is 11.8 Å². The molecule has 0 saturated carbocycles. The topological polar surface area (TPSA) is 83.6 Å². The van der Waals surface area contributed by atoms with Crippen molar-refractivity contribution in [2.24, 2.45) is 0 Å². The third-order valence-corrected chi connectivity index (χ3v) is 3.82. The van der Waals surface area contributed by atoms with Crippen molar-refractivity contribution in [2.45, 2.75) is 19.3 Å². The number of pyridine rings is 1. The number of rotatable bonds is 6. The van der Waals surface area contributed by atoms with Gasteiger partial charge in [-0.15, -0.1) is 0 Å². The van der Waals surface area contributed by atoms with E-state index in [0.29, 0.717) is 18.8 Å². The largest absolute Gasteiger partial charge is 0.355 e. The van der Waals surface area contributed by atoms with Crippen molar-refractivity contribution >= 4 is 5.91 Å². The number of nitrogens with one attached hydrogen (secondary N) is 2. The molecule has 24 heavy (non-hydrogen) atoms. The van der Waals surface area contributed by atoms with Crippen LogP contribution in [-0.4, -0.2) is 32.6 Å². The summed E-state index contributed by atoms with van der Waals surface area (Å²) in [6.07, 6.45) is 4.01. The minimum Gasteiger partial charge on any atom is -0.355 e. The molecule has 2 aromatic heterocycles. The van der Waals surface area contributed by atoms with E-state index in [9.17, 15) is 4.79 Å². The van der Waals surface area contributed by atoms with Gasteiger partial charge in [0.05, 0.1) is 5.92 Å². The van der Waals surface area contributed by atoms with Gasteiger partial charge in [-0.25, -0.2) is 4.98 Å². The first kappa shape index (κ1) is 15.9. The van der Waals surface area contributed by atoms with Gasteiger partial charge in [-0.2, -0.15) is 5.10 Å². The molecule has 0 radical (unpaired) electrons. The number of amides is 1. The number of hydrogen-bond acceptors (Lipinski definition) is 4. The molecule has 0 aliphatic heterocycles. The van der Waals surface area contributed by atoms with E-state index in [1.807, 2.05) is 49.4 Å². The van der Waals surface area contributed by atoms with E-state index in [0.717, 1.165) is 17.0 Å². The summed E-state index contributed by atoms with van der Waals surface area (Å²) in [5.74, 6) is 1.22. The summed E-state index contributed by atoms with van der Waals surface area (Å²) >= 11 is 0. The molecule has 0 aliphatic carbocycles. The van der Waals surface area contributed by atoms with Crippen molar-refractivity contribution < 1.29 is 4.79 Å². The first-order valence-corrected chi connectivity index (χ1v) is 7.88. The molecule has 1 atom stereocenters. The lowest BCUT2D eigenvalue weighted by atomic mass is 10.0. The van der Waals surface area contributed by atoms with Crippen molar-refractivity contribution in [1.82, 2.24) is 25.5 Å². The smallest absolute Gasteiger partial charge is 0.227 e. The highest BCUT2D eigenvalue weighted by molar-refractivity contribution is 5.83. The minimum absolute atomic E-state index is 0.00933. The maximum Gasteiger partial charge on any atom is 0.227 e. The van der Waals surface area contributed by atoms with E-state index in [4.69, 9.17) is 0 Å². The van der Waals surface area contributed by atoms with Crippen LogP contribution in [0.25, 0.3) is 11.4 Å². The molecule has 6 heteroatoms. The van der Waals surface area contributed by atoms with Gasteiger partial charge < -0.3 is 5.32 Å². The number of hydrogen-bond donors (Lipinski definition) is 2. The van der Waals surface area contributed by atoms with Gasteiger partial charge in [0.2, 0.25) is 5.91 Å². The van der Waals surface area contributed by atoms with Crippen LogP contribution in [-0.2, 0) is 11.2 Å². The highest BCUT2D eigenvalue weighted by Crippen LogP contribution is 2.14. The van der Waals surface area contributed by atoms with Crippen LogP contribution < -0.4 is 5.32 Å². The fourth-order valence-electron chi connectivity index (χ4n) is 2.39. The van der Waals surface area contributed by atoms with Crippen LogP contribution >= 0.6 is 0 Å². The van der Waals surface area contributed by atoms with Crippen molar-refractivity contribution in [1.29, 1.82) is 0 Å². The van der Waals surface area contributed by atoms with Gasteiger partial charge in [0.15, 0.2) is 5.82 Å². The summed E-state index contributed by atoms with van der Waals surface area (Å²) in [5.41, 5.74) is 1.92. The van der Waals surface area contributed by atoms with Crippen LogP contribution in [0.2, 0.25) is 0 Å². The zero-order chi connectivity index (χ0) is 16.8. The summed E-state index contributed by atoms with van der Waals surface area (Å²) < 4.78 is 0. The molecular weight excluding hydrogens is 302 g/mol. The zero-order valence-corrected chi connectivity index (χ0v) is 13.4. The quantitative estimate of drug-likeness (QED) is 0.730. The molecule has 2 heterocycles. The highest BCUT2D eigenvalue weighted by atomic mass is 16.1. The lowest BCUT2D eigenvalue weighted by Gasteiger charge is -2.11. The average molecular weight is 321 g/mol. The van der Waals surface area contributed by atoms with Crippen molar-refractivity contribution in [3.8, 4) is 11.4 Å². The van der Waals surface area contributed by atoms with E-state index in [1.165, 1.54) is 0 Å². The Labute approximate surface area is 140 Å². The number of nitrogens with zero attached hydrogens (tertiary/aromatic N) is 3. The predicted molar refractivity (Wildman–Crippen MR) is 91.2 cm³/mol. The van der Waals surface area contributed by atoms with Crippen LogP contribution in [0.15, 0.2) is 54.9 Å². The number of carbonyl (C=O) groups excluding carboxylic acids is 1.